The lowest BCUT2D eigenvalue weighted by Crippen LogP contribution is -2.36. The van der Waals surface area contributed by atoms with Crippen molar-refractivity contribution in [2.75, 3.05) is 5.73 Å². The molecule has 3 rings (SSSR count). The van der Waals surface area contributed by atoms with Crippen LogP contribution >= 0.6 is 0 Å². The first-order chi connectivity index (χ1) is 15.6. The van der Waals surface area contributed by atoms with Crippen LogP contribution in [0.15, 0.2) is 60.7 Å². The van der Waals surface area contributed by atoms with Crippen molar-refractivity contribution in [1.29, 1.82) is 5.26 Å². The number of nitrogens with two attached hydrogens (primary N) is 1. The molecule has 3 N–H and O–H groups in total. The third-order valence-corrected chi connectivity index (χ3v) is 5.57. The molecule has 0 aromatic heterocycles. The number of carbonyl (C=O) groups is 2. The number of benzene rings is 3. The second-order valence-electron chi connectivity index (χ2n) is 8.12. The van der Waals surface area contributed by atoms with E-state index < -0.39 is 29.3 Å². The van der Waals surface area contributed by atoms with Gasteiger partial charge in [0.15, 0.2) is 11.5 Å². The third-order valence-electron chi connectivity index (χ3n) is 5.57. The Morgan fingerprint density at radius 3 is 2.15 bits per heavy atom. The van der Waals surface area contributed by atoms with Gasteiger partial charge in [-0.25, -0.2) is 4.39 Å². The second kappa shape index (κ2) is 9.13. The maximum atomic E-state index is 16.1. The summed E-state index contributed by atoms with van der Waals surface area (Å²) in [6, 6.07) is 19.0. The molecular formula is C26H23FN2O4. The van der Waals surface area contributed by atoms with Gasteiger partial charge in [-0.1, -0.05) is 60.7 Å². The monoisotopic (exact) mass is 446 g/mol. The molecule has 0 fully saturated rings. The standard InChI is InChI=1S/C26H23FN2O4/c1-15-18(14-28)22(29)20(21(27)19(15)16-10-6-4-7-11-16)23(17-12-8-5-9-13-17)33-25(32)26(2,3)24(30)31/h4-13,23H,29H2,1-3H3,(H,30,31). The third kappa shape index (κ3) is 4.28. The maximum absolute atomic E-state index is 16.1. The molecule has 6 nitrogen and oxygen atoms in total. The van der Waals surface area contributed by atoms with Crippen LogP contribution in [0.5, 0.6) is 0 Å². The van der Waals surface area contributed by atoms with Crippen LogP contribution in [-0.2, 0) is 14.3 Å². The molecule has 0 radical (unpaired) electrons. The Morgan fingerprint density at radius 1 is 1.09 bits per heavy atom. The molecule has 3 aromatic carbocycles. The summed E-state index contributed by atoms with van der Waals surface area (Å²) in [5, 5.41) is 19.2. The molecule has 168 valence electrons. The van der Waals surface area contributed by atoms with E-state index in [1.54, 1.807) is 67.6 Å². The first-order valence-corrected chi connectivity index (χ1v) is 10.2. The molecule has 1 atom stereocenters. The lowest BCUT2D eigenvalue weighted by Gasteiger charge is -2.27. The van der Waals surface area contributed by atoms with Gasteiger partial charge in [-0.15, -0.1) is 0 Å². The summed E-state index contributed by atoms with van der Waals surface area (Å²) in [7, 11) is 0. The average molecular weight is 446 g/mol. The van der Waals surface area contributed by atoms with E-state index in [4.69, 9.17) is 10.5 Å². The lowest BCUT2D eigenvalue weighted by atomic mass is 9.87. The highest BCUT2D eigenvalue weighted by molar-refractivity contribution is 5.98. The summed E-state index contributed by atoms with van der Waals surface area (Å²) < 4.78 is 21.7. The summed E-state index contributed by atoms with van der Waals surface area (Å²) in [6.07, 6.45) is -1.37. The van der Waals surface area contributed by atoms with Crippen LogP contribution in [0.2, 0.25) is 0 Å². The van der Waals surface area contributed by atoms with Gasteiger partial charge in [-0.2, -0.15) is 5.26 Å². The van der Waals surface area contributed by atoms with Crippen molar-refractivity contribution >= 4 is 17.6 Å². The van der Waals surface area contributed by atoms with E-state index in [2.05, 4.69) is 0 Å². The average Bonchev–Trinajstić information content (AvgIpc) is 2.79. The quantitative estimate of drug-likeness (QED) is 0.313. The number of rotatable bonds is 6. The topological polar surface area (TPSA) is 113 Å². The number of hydrogen-bond acceptors (Lipinski definition) is 5. The lowest BCUT2D eigenvalue weighted by molar-refractivity contribution is -0.168. The van der Waals surface area contributed by atoms with Crippen LogP contribution in [0.3, 0.4) is 0 Å². The molecular weight excluding hydrogens is 423 g/mol. The van der Waals surface area contributed by atoms with Gasteiger partial charge in [0, 0.05) is 5.56 Å². The van der Waals surface area contributed by atoms with Crippen molar-refractivity contribution in [3.63, 3.8) is 0 Å². The van der Waals surface area contributed by atoms with Crippen molar-refractivity contribution in [3.05, 3.63) is 88.7 Å². The van der Waals surface area contributed by atoms with E-state index in [0.717, 1.165) is 0 Å². The van der Waals surface area contributed by atoms with Crippen LogP contribution in [0.25, 0.3) is 11.1 Å². The van der Waals surface area contributed by atoms with Gasteiger partial charge in [0.2, 0.25) is 0 Å². The fourth-order valence-electron chi connectivity index (χ4n) is 3.49. The number of halogens is 1. The van der Waals surface area contributed by atoms with Crippen molar-refractivity contribution in [3.8, 4) is 17.2 Å². The molecule has 0 heterocycles. The Morgan fingerprint density at radius 2 is 1.64 bits per heavy atom. The SMILES string of the molecule is Cc1c(C#N)c(N)c(C(OC(=O)C(C)(C)C(=O)O)c2ccccc2)c(F)c1-c1ccccc1. The first-order valence-electron chi connectivity index (χ1n) is 10.2. The Balaban J connectivity index is 2.32. The predicted octanol–water partition coefficient (Wildman–Crippen LogP) is 5.00. The summed E-state index contributed by atoms with van der Waals surface area (Å²) in [4.78, 5) is 24.4. The molecule has 0 aliphatic heterocycles. The van der Waals surface area contributed by atoms with Gasteiger partial charge >= 0.3 is 11.9 Å². The van der Waals surface area contributed by atoms with Gasteiger partial charge in [0.05, 0.1) is 16.8 Å². The van der Waals surface area contributed by atoms with Crippen LogP contribution in [0, 0.1) is 29.5 Å². The molecule has 0 saturated carbocycles. The minimum absolute atomic E-state index is 0.0553. The van der Waals surface area contributed by atoms with Crippen LogP contribution in [0.4, 0.5) is 10.1 Å². The largest absolute Gasteiger partial charge is 0.480 e. The number of nitrogens with zero attached hydrogens (tertiary/aromatic N) is 1. The van der Waals surface area contributed by atoms with Crippen LogP contribution in [-0.4, -0.2) is 17.0 Å². The predicted molar refractivity (Wildman–Crippen MR) is 121 cm³/mol. The minimum atomic E-state index is -1.89. The molecule has 0 bridgehead atoms. The van der Waals surface area contributed by atoms with E-state index in [1.807, 2.05) is 6.07 Å². The van der Waals surface area contributed by atoms with Crippen molar-refractivity contribution in [2.45, 2.75) is 26.9 Å². The number of ether oxygens (including phenoxy) is 1. The highest BCUT2D eigenvalue weighted by Gasteiger charge is 2.41. The Bertz CT molecular complexity index is 1250. The number of carbonyl (C=O) groups excluding carboxylic acids is 1. The van der Waals surface area contributed by atoms with Gasteiger partial charge in [-0.3, -0.25) is 9.59 Å². The van der Waals surface area contributed by atoms with Crippen molar-refractivity contribution < 1.29 is 23.8 Å². The van der Waals surface area contributed by atoms with E-state index in [9.17, 15) is 20.0 Å². The van der Waals surface area contributed by atoms with Gasteiger partial charge in [0.1, 0.15) is 11.9 Å². The fraction of sp³-hybridized carbons (Fsp3) is 0.192. The molecule has 0 aliphatic carbocycles. The number of nitriles is 1. The van der Waals surface area contributed by atoms with Crippen molar-refractivity contribution in [2.24, 2.45) is 5.41 Å². The smallest absolute Gasteiger partial charge is 0.323 e. The van der Waals surface area contributed by atoms with Crippen LogP contribution < -0.4 is 5.73 Å². The van der Waals surface area contributed by atoms with Crippen LogP contribution in [0.1, 0.15) is 42.2 Å². The van der Waals surface area contributed by atoms with E-state index in [0.29, 0.717) is 16.7 Å². The molecule has 7 heteroatoms. The number of carboxylic acids is 1. The maximum Gasteiger partial charge on any atom is 0.323 e. The molecule has 1 unspecified atom stereocenters. The Kier molecular flexibility index (Phi) is 6.50. The molecule has 0 saturated heterocycles. The molecule has 0 amide bonds. The van der Waals surface area contributed by atoms with E-state index in [1.165, 1.54) is 13.8 Å². The highest BCUT2D eigenvalue weighted by atomic mass is 19.1. The summed E-state index contributed by atoms with van der Waals surface area (Å²) in [5.74, 6) is -3.20. The van der Waals surface area contributed by atoms with E-state index in [-0.39, 0.29) is 22.4 Å². The molecule has 33 heavy (non-hydrogen) atoms. The summed E-state index contributed by atoms with van der Waals surface area (Å²) in [5.41, 5.74) is 5.48. The van der Waals surface area contributed by atoms with Crippen molar-refractivity contribution in [1.82, 2.24) is 0 Å². The minimum Gasteiger partial charge on any atom is -0.480 e. The molecule has 0 spiro atoms. The first kappa shape index (κ1) is 23.5. The zero-order valence-electron chi connectivity index (χ0n) is 18.4. The Hall–Kier alpha value is -4.18. The zero-order valence-corrected chi connectivity index (χ0v) is 18.4. The molecule has 3 aromatic rings. The second-order valence-corrected chi connectivity index (χ2v) is 8.12. The van der Waals surface area contributed by atoms with E-state index >= 15 is 4.39 Å². The zero-order chi connectivity index (χ0) is 24.3. The summed E-state index contributed by atoms with van der Waals surface area (Å²) >= 11 is 0. The number of nitrogen functional groups attached to an aromatic ring is 1. The highest BCUT2D eigenvalue weighted by Crippen LogP contribution is 2.42. The Labute approximate surface area is 191 Å². The number of esters is 1. The molecule has 0 aliphatic rings. The number of carboxylic acid groups (broad SMARTS) is 1. The number of aliphatic carboxylic acids is 1. The number of anilines is 1. The normalized spacial score (nSPS) is 12.0. The van der Waals surface area contributed by atoms with Gasteiger partial charge < -0.3 is 15.6 Å². The van der Waals surface area contributed by atoms with Gasteiger partial charge in [-0.05, 0) is 37.5 Å². The fourth-order valence-corrected chi connectivity index (χ4v) is 3.49. The number of hydrogen-bond donors (Lipinski definition) is 2. The summed E-state index contributed by atoms with van der Waals surface area (Å²) in [6.45, 7) is 4.00. The van der Waals surface area contributed by atoms with Gasteiger partial charge in [0.25, 0.3) is 0 Å².